The van der Waals surface area contributed by atoms with E-state index in [1.807, 2.05) is 61.3 Å². The van der Waals surface area contributed by atoms with Crippen molar-refractivity contribution in [2.24, 2.45) is 0 Å². The van der Waals surface area contributed by atoms with Crippen LogP contribution in [-0.2, 0) is 9.59 Å². The molecule has 0 fully saturated rings. The highest BCUT2D eigenvalue weighted by Crippen LogP contribution is 2.32. The normalized spacial score (nSPS) is 17.7. The second-order valence-electron chi connectivity index (χ2n) is 7.49. The van der Waals surface area contributed by atoms with Crippen molar-refractivity contribution in [1.29, 1.82) is 0 Å². The van der Waals surface area contributed by atoms with Crippen molar-refractivity contribution in [3.8, 4) is 0 Å². The van der Waals surface area contributed by atoms with Crippen molar-refractivity contribution >= 4 is 44.7 Å². The number of anilines is 2. The minimum absolute atomic E-state index is 0.00800. The zero-order valence-corrected chi connectivity index (χ0v) is 17.6. The van der Waals surface area contributed by atoms with Crippen LogP contribution < -0.4 is 10.2 Å². The number of para-hydroxylation sites is 3. The molecule has 4 rings (SSSR count). The molecule has 0 saturated heterocycles. The Balaban J connectivity index is 1.55. The van der Waals surface area contributed by atoms with E-state index in [2.05, 4.69) is 18.3 Å². The summed E-state index contributed by atoms with van der Waals surface area (Å²) in [4.78, 5) is 33.9. The largest absolute Gasteiger partial charge is 0.324 e. The van der Waals surface area contributed by atoms with E-state index in [0.717, 1.165) is 20.9 Å². The fourth-order valence-corrected chi connectivity index (χ4v) is 4.74. The maximum absolute atomic E-state index is 13.3. The molecule has 0 bridgehead atoms. The number of hydrogen-bond donors (Lipinski definition) is 1. The van der Waals surface area contributed by atoms with Crippen molar-refractivity contribution in [3.05, 3.63) is 53.5 Å². The Labute approximate surface area is 174 Å². The first-order chi connectivity index (χ1) is 13.9. The number of nitrogens with zero attached hydrogens (tertiary/aromatic N) is 3. The molecule has 7 heteroatoms. The third kappa shape index (κ3) is 3.88. The summed E-state index contributed by atoms with van der Waals surface area (Å²) in [6, 6.07) is 15.3. The van der Waals surface area contributed by atoms with Crippen LogP contribution in [0.2, 0.25) is 0 Å². The molecule has 2 atom stereocenters. The lowest BCUT2D eigenvalue weighted by Gasteiger charge is -2.31. The first-order valence-corrected chi connectivity index (χ1v) is 10.5. The molecule has 1 N–H and O–H groups in total. The number of amides is 2. The maximum Gasteiger partial charge on any atom is 0.241 e. The van der Waals surface area contributed by atoms with E-state index in [1.54, 1.807) is 16.2 Å². The van der Waals surface area contributed by atoms with E-state index in [0.29, 0.717) is 5.69 Å². The molecule has 1 aliphatic rings. The van der Waals surface area contributed by atoms with E-state index in [1.165, 1.54) is 0 Å². The fraction of sp³-hybridized carbons (Fsp3) is 0.318. The van der Waals surface area contributed by atoms with Crippen molar-refractivity contribution in [2.45, 2.75) is 32.4 Å². The van der Waals surface area contributed by atoms with Crippen molar-refractivity contribution in [3.63, 3.8) is 0 Å². The minimum atomic E-state index is -0.211. The minimum Gasteiger partial charge on any atom is -0.324 e. The number of carbonyl (C=O) groups excluding carboxylic acids is 2. The zero-order valence-electron chi connectivity index (χ0n) is 16.8. The van der Waals surface area contributed by atoms with E-state index >= 15 is 0 Å². The van der Waals surface area contributed by atoms with Crippen molar-refractivity contribution in [1.82, 2.24) is 9.88 Å². The Morgan fingerprint density at radius 1 is 1.28 bits per heavy atom. The monoisotopic (exact) mass is 408 g/mol. The molecule has 0 aliphatic carbocycles. The summed E-state index contributed by atoms with van der Waals surface area (Å²) in [6.45, 7) is 4.22. The molecule has 2 amide bonds. The third-order valence-corrected chi connectivity index (χ3v) is 6.55. The van der Waals surface area contributed by atoms with Crippen LogP contribution in [0.25, 0.3) is 10.2 Å². The smallest absolute Gasteiger partial charge is 0.241 e. The summed E-state index contributed by atoms with van der Waals surface area (Å²) in [5, 5.41) is 3.89. The number of nitrogens with one attached hydrogen (secondary N) is 1. The Morgan fingerprint density at radius 3 is 2.79 bits per heavy atom. The molecule has 0 saturated carbocycles. The molecule has 0 unspecified atom stereocenters. The van der Waals surface area contributed by atoms with Gasteiger partial charge in [-0.2, -0.15) is 0 Å². The number of thiazole rings is 1. The number of rotatable bonds is 4. The number of aromatic nitrogens is 1. The van der Waals surface area contributed by atoms with Gasteiger partial charge in [-0.1, -0.05) is 24.3 Å². The molecule has 3 aromatic rings. The SMILES string of the molecule is C[C@H](c1nc2ccccc2s1)N(C)CC(=O)N1c2ccccc2NC(=O)C[C@H]1C. The van der Waals surface area contributed by atoms with Gasteiger partial charge in [-0.05, 0) is 45.2 Å². The van der Waals surface area contributed by atoms with Gasteiger partial charge in [0.05, 0.1) is 34.2 Å². The average Bonchev–Trinajstić information content (AvgIpc) is 3.07. The molecule has 6 nitrogen and oxygen atoms in total. The molecular formula is C22H24N4O2S. The molecule has 1 aliphatic heterocycles. The van der Waals surface area contributed by atoms with E-state index in [-0.39, 0.29) is 36.9 Å². The van der Waals surface area contributed by atoms with Crippen LogP contribution in [0.1, 0.15) is 31.3 Å². The number of fused-ring (bicyclic) bond motifs is 2. The summed E-state index contributed by atoms with van der Waals surface area (Å²) in [5.74, 6) is -0.103. The number of likely N-dealkylation sites (N-methyl/N-ethyl adjacent to an activating group) is 1. The van der Waals surface area contributed by atoms with Crippen molar-refractivity contribution < 1.29 is 9.59 Å². The second-order valence-corrected chi connectivity index (χ2v) is 8.56. The van der Waals surface area contributed by atoms with Crippen molar-refractivity contribution in [2.75, 3.05) is 23.8 Å². The van der Waals surface area contributed by atoms with Crippen LogP contribution in [0.5, 0.6) is 0 Å². The Morgan fingerprint density at radius 2 is 2.00 bits per heavy atom. The van der Waals surface area contributed by atoms with Gasteiger partial charge in [0.2, 0.25) is 11.8 Å². The van der Waals surface area contributed by atoms with Gasteiger partial charge in [0.25, 0.3) is 0 Å². The Hall–Kier alpha value is -2.77. The molecular weight excluding hydrogens is 384 g/mol. The van der Waals surface area contributed by atoms with E-state index in [4.69, 9.17) is 4.98 Å². The fourth-order valence-electron chi connectivity index (χ4n) is 3.65. The number of benzene rings is 2. The van der Waals surface area contributed by atoms with Crippen LogP contribution in [0.3, 0.4) is 0 Å². The summed E-state index contributed by atoms with van der Waals surface area (Å²) < 4.78 is 1.15. The Bertz CT molecular complexity index is 1030. The predicted octanol–water partition coefficient (Wildman–Crippen LogP) is 4.05. The van der Waals surface area contributed by atoms with Crippen LogP contribution in [0.4, 0.5) is 11.4 Å². The van der Waals surface area contributed by atoms with Crippen LogP contribution >= 0.6 is 11.3 Å². The van der Waals surface area contributed by atoms with Gasteiger partial charge < -0.3 is 10.2 Å². The molecule has 0 spiro atoms. The average molecular weight is 409 g/mol. The summed E-state index contributed by atoms with van der Waals surface area (Å²) >= 11 is 1.66. The summed E-state index contributed by atoms with van der Waals surface area (Å²) in [7, 11) is 1.94. The molecule has 2 heterocycles. The first-order valence-electron chi connectivity index (χ1n) is 9.70. The molecule has 29 heavy (non-hydrogen) atoms. The molecule has 150 valence electrons. The van der Waals surface area contributed by atoms with Crippen LogP contribution in [0.15, 0.2) is 48.5 Å². The standard InChI is InChI=1S/C22H24N4O2S/c1-14-12-20(27)23-16-8-4-6-10-18(16)26(14)21(28)13-25(3)15(2)22-24-17-9-5-7-11-19(17)29-22/h4-11,14-15H,12-13H2,1-3H3,(H,23,27)/t14-,15-/m1/s1. The highest BCUT2D eigenvalue weighted by Gasteiger charge is 2.31. The highest BCUT2D eigenvalue weighted by molar-refractivity contribution is 7.18. The lowest BCUT2D eigenvalue weighted by atomic mass is 10.1. The van der Waals surface area contributed by atoms with E-state index < -0.39 is 0 Å². The van der Waals surface area contributed by atoms with Crippen LogP contribution in [-0.4, -0.2) is 41.3 Å². The summed E-state index contributed by atoms with van der Waals surface area (Å²) in [6.07, 6.45) is 0.275. The van der Waals surface area contributed by atoms with Gasteiger partial charge >= 0.3 is 0 Å². The van der Waals surface area contributed by atoms with Gasteiger partial charge in [-0.25, -0.2) is 4.98 Å². The van der Waals surface area contributed by atoms with Gasteiger partial charge in [-0.3, -0.25) is 14.5 Å². The first kappa shape index (κ1) is 19.5. The zero-order chi connectivity index (χ0) is 20.5. The lowest BCUT2D eigenvalue weighted by Crippen LogP contribution is -2.44. The van der Waals surface area contributed by atoms with Crippen LogP contribution in [0, 0.1) is 0 Å². The summed E-state index contributed by atoms with van der Waals surface area (Å²) in [5.41, 5.74) is 2.41. The van der Waals surface area contributed by atoms with Gasteiger partial charge in [0, 0.05) is 12.5 Å². The molecule has 1 aromatic heterocycles. The van der Waals surface area contributed by atoms with Gasteiger partial charge in [-0.15, -0.1) is 11.3 Å². The third-order valence-electron chi connectivity index (χ3n) is 5.34. The topological polar surface area (TPSA) is 65.5 Å². The van der Waals surface area contributed by atoms with Gasteiger partial charge in [0.1, 0.15) is 5.01 Å². The predicted molar refractivity (Wildman–Crippen MR) is 117 cm³/mol. The number of carbonyl (C=O) groups is 2. The van der Waals surface area contributed by atoms with E-state index in [9.17, 15) is 9.59 Å². The Kier molecular flexibility index (Phi) is 5.34. The highest BCUT2D eigenvalue weighted by atomic mass is 32.1. The molecule has 2 aromatic carbocycles. The maximum atomic E-state index is 13.3. The lowest BCUT2D eigenvalue weighted by molar-refractivity contribution is -0.120. The number of hydrogen-bond acceptors (Lipinski definition) is 5. The van der Waals surface area contributed by atoms with Gasteiger partial charge in [0.15, 0.2) is 0 Å². The molecule has 0 radical (unpaired) electrons. The quantitative estimate of drug-likeness (QED) is 0.707. The second kappa shape index (κ2) is 7.93.